The van der Waals surface area contributed by atoms with Crippen LogP contribution in [0.1, 0.15) is 44.9 Å². The lowest BCUT2D eigenvalue weighted by atomic mass is 9.49. The first kappa shape index (κ1) is 33.4. The van der Waals surface area contributed by atoms with E-state index in [1.807, 2.05) is 0 Å². The summed E-state index contributed by atoms with van der Waals surface area (Å²) in [5.74, 6) is -0.430. The summed E-state index contributed by atoms with van der Waals surface area (Å²) in [5.41, 5.74) is -0.576. The van der Waals surface area contributed by atoms with Crippen molar-refractivity contribution in [1.82, 2.24) is 0 Å². The van der Waals surface area contributed by atoms with E-state index in [2.05, 4.69) is 95.7 Å². The summed E-state index contributed by atoms with van der Waals surface area (Å²) in [6.45, 7) is 0. The maximum atomic E-state index is 13.5. The number of rotatable bonds is 8. The second-order valence-corrected chi connectivity index (χ2v) is 15.7. The average Bonchev–Trinajstić information content (AvgIpc) is 2.96. The van der Waals surface area contributed by atoms with Crippen molar-refractivity contribution in [2.45, 2.75) is 77.2 Å². The van der Waals surface area contributed by atoms with Crippen molar-refractivity contribution in [2.24, 2.45) is 23.2 Å². The van der Waals surface area contributed by atoms with Crippen molar-refractivity contribution < 1.29 is 44.5 Å². The normalized spacial score (nSPS) is 24.9. The van der Waals surface area contributed by atoms with Gasteiger partial charge in [-0.15, -0.1) is 0 Å². The van der Waals surface area contributed by atoms with Gasteiger partial charge >= 0.3 is 17.4 Å². The number of halogens is 5. The van der Waals surface area contributed by atoms with Gasteiger partial charge in [-0.2, -0.15) is 22.0 Å². The Bertz CT molecular complexity index is 1420. The first-order valence-corrected chi connectivity index (χ1v) is 17.3. The van der Waals surface area contributed by atoms with Crippen molar-refractivity contribution in [3.8, 4) is 0 Å². The van der Waals surface area contributed by atoms with Crippen LogP contribution in [0.25, 0.3) is 0 Å². The SMILES string of the molecule is O=C(CC12CC3CC(CC(C3)C1)C2)OC(C(F)(F)F)C(F)(F)S(=O)(=O)[O-].c1ccc([S+](c2ccccc2)c2ccccc2)cc1. The second kappa shape index (κ2) is 13.0. The van der Waals surface area contributed by atoms with Crippen molar-refractivity contribution in [2.75, 3.05) is 0 Å². The summed E-state index contributed by atoms with van der Waals surface area (Å²) in [6, 6.07) is 32.2. The fourth-order valence-corrected chi connectivity index (χ4v) is 10.1. The minimum atomic E-state index is -6.66. The van der Waals surface area contributed by atoms with Crippen LogP contribution >= 0.6 is 0 Å². The van der Waals surface area contributed by atoms with Crippen LogP contribution in [-0.4, -0.2) is 36.5 Å². The number of carbonyl (C=O) groups excluding carboxylic acids is 1. The number of hydrogen-bond donors (Lipinski definition) is 0. The van der Waals surface area contributed by atoms with E-state index in [1.165, 1.54) is 14.7 Å². The average molecular weight is 669 g/mol. The van der Waals surface area contributed by atoms with Crippen molar-refractivity contribution in [3.63, 3.8) is 0 Å². The van der Waals surface area contributed by atoms with Gasteiger partial charge in [-0.3, -0.25) is 4.79 Å². The predicted octanol–water partition coefficient (Wildman–Crippen LogP) is 7.99. The van der Waals surface area contributed by atoms with E-state index < -0.39 is 45.5 Å². The molecule has 1 atom stereocenters. The summed E-state index contributed by atoms with van der Waals surface area (Å²) in [6.07, 6.45) is -5.78. The van der Waals surface area contributed by atoms with Crippen LogP contribution in [0.4, 0.5) is 22.0 Å². The number of alkyl halides is 5. The Labute approximate surface area is 262 Å². The largest absolute Gasteiger partial charge is 0.743 e. The first-order chi connectivity index (χ1) is 21.2. The Morgan fingerprint density at radius 1 is 0.756 bits per heavy atom. The first-order valence-electron chi connectivity index (χ1n) is 14.7. The molecule has 4 saturated carbocycles. The zero-order valence-electron chi connectivity index (χ0n) is 24.2. The molecule has 7 rings (SSSR count). The molecule has 3 aromatic rings. The fourth-order valence-electron chi connectivity index (χ4n) is 7.52. The molecule has 4 fully saturated rings. The van der Waals surface area contributed by atoms with Crippen LogP contribution < -0.4 is 0 Å². The summed E-state index contributed by atoms with van der Waals surface area (Å²) in [5, 5.41) is -5.79. The number of hydrogen-bond acceptors (Lipinski definition) is 5. The third kappa shape index (κ3) is 7.72. The fraction of sp³-hybridized carbons (Fsp3) is 0.424. The molecular formula is C33H33F5O5S2. The zero-order valence-corrected chi connectivity index (χ0v) is 25.8. The molecule has 1 unspecified atom stereocenters. The number of ether oxygens (including phenoxy) is 1. The lowest BCUT2D eigenvalue weighted by molar-refractivity contribution is -0.260. The molecule has 4 aliphatic carbocycles. The Balaban J connectivity index is 0.000000186. The highest BCUT2D eigenvalue weighted by Crippen LogP contribution is 2.61. The summed E-state index contributed by atoms with van der Waals surface area (Å²) in [4.78, 5) is 16.1. The zero-order chi connectivity index (χ0) is 32.5. The highest BCUT2D eigenvalue weighted by molar-refractivity contribution is 7.97. The monoisotopic (exact) mass is 668 g/mol. The van der Waals surface area contributed by atoms with Gasteiger partial charge in [0.15, 0.2) is 24.8 Å². The van der Waals surface area contributed by atoms with E-state index >= 15 is 0 Å². The van der Waals surface area contributed by atoms with Gasteiger partial charge in [0.25, 0.3) is 6.10 Å². The molecule has 5 nitrogen and oxygen atoms in total. The van der Waals surface area contributed by atoms with Gasteiger partial charge in [0.05, 0.1) is 17.3 Å². The van der Waals surface area contributed by atoms with Crippen molar-refractivity contribution >= 4 is 27.0 Å². The van der Waals surface area contributed by atoms with Crippen LogP contribution in [0, 0.1) is 23.2 Å². The smallest absolute Gasteiger partial charge is 0.432 e. The molecule has 45 heavy (non-hydrogen) atoms. The van der Waals surface area contributed by atoms with Gasteiger partial charge in [-0.1, -0.05) is 54.6 Å². The Morgan fingerprint density at radius 3 is 1.42 bits per heavy atom. The lowest BCUT2D eigenvalue weighted by Crippen LogP contribution is -2.53. The third-order valence-electron chi connectivity index (χ3n) is 8.81. The molecule has 0 aromatic heterocycles. The molecular weight excluding hydrogens is 635 g/mol. The van der Waals surface area contributed by atoms with Gasteiger partial charge in [-0.05, 0) is 98.1 Å². The van der Waals surface area contributed by atoms with Gasteiger partial charge in [0.1, 0.15) is 0 Å². The predicted molar refractivity (Wildman–Crippen MR) is 157 cm³/mol. The van der Waals surface area contributed by atoms with E-state index in [4.69, 9.17) is 0 Å². The number of carbonyl (C=O) groups is 1. The molecule has 4 aliphatic rings. The van der Waals surface area contributed by atoms with E-state index in [0.29, 0.717) is 37.0 Å². The van der Waals surface area contributed by atoms with Gasteiger partial charge < -0.3 is 9.29 Å². The molecule has 0 N–H and O–H groups in total. The third-order valence-corrected chi connectivity index (χ3v) is 11.9. The maximum Gasteiger partial charge on any atom is 0.432 e. The molecule has 0 amide bonds. The number of benzene rings is 3. The van der Waals surface area contributed by atoms with Crippen LogP contribution in [0.2, 0.25) is 0 Å². The molecule has 242 valence electrons. The van der Waals surface area contributed by atoms with Crippen molar-refractivity contribution in [3.05, 3.63) is 91.0 Å². The van der Waals surface area contributed by atoms with Crippen LogP contribution in [0.5, 0.6) is 0 Å². The summed E-state index contributed by atoms with van der Waals surface area (Å²) < 4.78 is 101. The Hall–Kier alpha value is -2.96. The second-order valence-electron chi connectivity index (χ2n) is 12.3. The standard InChI is InChI=1S/C18H15S.C15H19F5O5S/c1-4-10-16(11-5-1)19(17-12-6-2-7-13-17)18-14-8-3-9-15-18;16-14(17,18)12(15(19,20)26(22,23)24)25-11(21)7-13-4-8-1-9(5-13)3-10(2-8)6-13/h1-15H;8-10,12H,1-7H2,(H,22,23,24)/q+1;/p-1. The minimum absolute atomic E-state index is 0.0146. The highest BCUT2D eigenvalue weighted by Gasteiger charge is 2.63. The Kier molecular flexibility index (Phi) is 9.68. The van der Waals surface area contributed by atoms with Crippen LogP contribution in [0.15, 0.2) is 106 Å². The van der Waals surface area contributed by atoms with E-state index in [-0.39, 0.29) is 10.9 Å². The van der Waals surface area contributed by atoms with Gasteiger partial charge in [0.2, 0.25) is 0 Å². The highest BCUT2D eigenvalue weighted by atomic mass is 32.2. The molecule has 0 spiro atoms. The van der Waals surface area contributed by atoms with E-state index in [1.54, 1.807) is 0 Å². The van der Waals surface area contributed by atoms with Gasteiger partial charge in [0, 0.05) is 0 Å². The molecule has 4 bridgehead atoms. The summed E-state index contributed by atoms with van der Waals surface area (Å²) >= 11 is 0. The quantitative estimate of drug-likeness (QED) is 0.105. The van der Waals surface area contributed by atoms with Gasteiger partial charge in [-0.25, -0.2) is 8.42 Å². The number of esters is 1. The van der Waals surface area contributed by atoms with E-state index in [0.717, 1.165) is 19.3 Å². The lowest BCUT2D eigenvalue weighted by Gasteiger charge is -2.56. The molecule has 12 heteroatoms. The molecule has 0 aliphatic heterocycles. The Morgan fingerprint density at radius 2 is 1.11 bits per heavy atom. The maximum absolute atomic E-state index is 13.5. The van der Waals surface area contributed by atoms with Crippen LogP contribution in [0.3, 0.4) is 0 Å². The van der Waals surface area contributed by atoms with E-state index in [9.17, 15) is 39.7 Å². The molecule has 0 radical (unpaired) electrons. The molecule has 3 aromatic carbocycles. The molecule has 0 heterocycles. The van der Waals surface area contributed by atoms with Crippen LogP contribution in [-0.2, 0) is 30.5 Å². The van der Waals surface area contributed by atoms with Crippen molar-refractivity contribution in [1.29, 1.82) is 0 Å². The topological polar surface area (TPSA) is 83.5 Å². The summed E-state index contributed by atoms with van der Waals surface area (Å²) in [7, 11) is -6.68. The minimum Gasteiger partial charge on any atom is -0.743 e. The molecule has 0 saturated heterocycles.